The van der Waals surface area contributed by atoms with Gasteiger partial charge in [0, 0.05) is 7.05 Å². The van der Waals surface area contributed by atoms with Crippen LogP contribution in [-0.2, 0) is 18.3 Å². The minimum absolute atomic E-state index is 0.292. The SMILES string of the molecule is CCOc1nc2ccc(CC(N)C(=O)O)cc2n1C. The topological polar surface area (TPSA) is 90.4 Å². The number of benzene rings is 1. The van der Waals surface area contributed by atoms with Crippen molar-refractivity contribution < 1.29 is 14.6 Å². The van der Waals surface area contributed by atoms with Crippen LogP contribution < -0.4 is 10.5 Å². The molecule has 1 aromatic heterocycles. The number of hydrogen-bond acceptors (Lipinski definition) is 4. The van der Waals surface area contributed by atoms with E-state index in [4.69, 9.17) is 15.6 Å². The van der Waals surface area contributed by atoms with Gasteiger partial charge in [0.05, 0.1) is 17.6 Å². The number of aliphatic carboxylic acids is 1. The summed E-state index contributed by atoms with van der Waals surface area (Å²) in [6, 6.07) is 5.25. The third-order valence-corrected chi connectivity index (χ3v) is 2.95. The van der Waals surface area contributed by atoms with Crippen LogP contribution in [0.15, 0.2) is 18.2 Å². The van der Waals surface area contributed by atoms with E-state index in [1.807, 2.05) is 36.7 Å². The number of fused-ring (bicyclic) bond motifs is 1. The highest BCUT2D eigenvalue weighted by Crippen LogP contribution is 2.21. The van der Waals surface area contributed by atoms with Gasteiger partial charge >= 0.3 is 5.97 Å². The molecule has 0 saturated heterocycles. The third kappa shape index (κ3) is 2.68. The van der Waals surface area contributed by atoms with Crippen molar-refractivity contribution in [3.63, 3.8) is 0 Å². The van der Waals surface area contributed by atoms with Crippen molar-refractivity contribution in [2.75, 3.05) is 6.61 Å². The second-order valence-electron chi connectivity index (χ2n) is 4.36. The summed E-state index contributed by atoms with van der Waals surface area (Å²) < 4.78 is 7.26. The van der Waals surface area contributed by atoms with Gasteiger partial charge in [-0.25, -0.2) is 0 Å². The summed E-state index contributed by atoms with van der Waals surface area (Å²) in [7, 11) is 1.86. The number of nitrogens with zero attached hydrogens (tertiary/aromatic N) is 2. The van der Waals surface area contributed by atoms with Gasteiger partial charge in [-0.1, -0.05) is 6.07 Å². The first-order valence-corrected chi connectivity index (χ1v) is 6.09. The lowest BCUT2D eigenvalue weighted by molar-refractivity contribution is -0.138. The van der Waals surface area contributed by atoms with Crippen LogP contribution in [0, 0.1) is 0 Å². The van der Waals surface area contributed by atoms with Crippen LogP contribution in [0.1, 0.15) is 12.5 Å². The second kappa shape index (κ2) is 5.27. The Morgan fingerprint density at radius 1 is 1.58 bits per heavy atom. The van der Waals surface area contributed by atoms with Crippen LogP contribution in [0.25, 0.3) is 11.0 Å². The van der Waals surface area contributed by atoms with Crippen LogP contribution in [-0.4, -0.2) is 33.3 Å². The molecule has 6 heteroatoms. The zero-order valence-corrected chi connectivity index (χ0v) is 11.0. The van der Waals surface area contributed by atoms with E-state index in [2.05, 4.69) is 4.98 Å². The molecule has 0 aliphatic carbocycles. The Morgan fingerprint density at radius 2 is 2.32 bits per heavy atom. The quantitative estimate of drug-likeness (QED) is 0.837. The first-order chi connectivity index (χ1) is 9.02. The van der Waals surface area contributed by atoms with Gasteiger partial charge in [-0.2, -0.15) is 4.98 Å². The third-order valence-electron chi connectivity index (χ3n) is 2.95. The number of ether oxygens (including phenoxy) is 1. The number of carbonyl (C=O) groups is 1. The van der Waals surface area contributed by atoms with Crippen molar-refractivity contribution >= 4 is 17.0 Å². The van der Waals surface area contributed by atoms with Crippen molar-refractivity contribution in [3.8, 4) is 6.01 Å². The number of rotatable bonds is 5. The molecule has 0 amide bonds. The highest BCUT2D eigenvalue weighted by atomic mass is 16.5. The minimum Gasteiger partial charge on any atom is -0.480 e. The van der Waals surface area contributed by atoms with Crippen molar-refractivity contribution in [1.29, 1.82) is 0 Å². The summed E-state index contributed by atoms with van der Waals surface area (Å²) in [5.74, 6) is -1.000. The van der Waals surface area contributed by atoms with E-state index in [0.717, 1.165) is 16.6 Å². The molecule has 2 rings (SSSR count). The predicted molar refractivity (Wildman–Crippen MR) is 71.2 cm³/mol. The number of aromatic nitrogens is 2. The van der Waals surface area contributed by atoms with Gasteiger partial charge in [0.1, 0.15) is 6.04 Å². The normalized spacial score (nSPS) is 12.6. The van der Waals surface area contributed by atoms with E-state index < -0.39 is 12.0 Å². The van der Waals surface area contributed by atoms with Crippen molar-refractivity contribution in [3.05, 3.63) is 23.8 Å². The number of nitrogens with two attached hydrogens (primary N) is 1. The molecule has 1 aromatic carbocycles. The molecule has 0 aliphatic rings. The van der Waals surface area contributed by atoms with Gasteiger partial charge in [0.2, 0.25) is 0 Å². The molecule has 0 fully saturated rings. The Labute approximate surface area is 110 Å². The molecule has 2 aromatic rings. The first kappa shape index (κ1) is 13.4. The van der Waals surface area contributed by atoms with E-state index in [1.54, 1.807) is 0 Å². The van der Waals surface area contributed by atoms with Crippen molar-refractivity contribution in [1.82, 2.24) is 9.55 Å². The number of imidazole rings is 1. The summed E-state index contributed by atoms with van der Waals surface area (Å²) in [6.45, 7) is 2.45. The Bertz CT molecular complexity index is 606. The summed E-state index contributed by atoms with van der Waals surface area (Å²) in [5, 5.41) is 8.82. The second-order valence-corrected chi connectivity index (χ2v) is 4.36. The van der Waals surface area contributed by atoms with Gasteiger partial charge in [-0.3, -0.25) is 9.36 Å². The Balaban J connectivity index is 2.34. The molecule has 0 spiro atoms. The highest BCUT2D eigenvalue weighted by molar-refractivity contribution is 5.78. The molecule has 3 N–H and O–H groups in total. The molecule has 1 unspecified atom stereocenters. The standard InChI is InChI=1S/C13H17N3O3/c1-3-19-13-15-10-5-4-8(6-9(14)12(17)18)7-11(10)16(13)2/h4-5,7,9H,3,6,14H2,1-2H3,(H,17,18). The summed E-state index contributed by atoms with van der Waals surface area (Å²) in [5.41, 5.74) is 8.13. The summed E-state index contributed by atoms with van der Waals surface area (Å²) in [4.78, 5) is 15.1. The predicted octanol–water partition coefficient (Wildman–Crippen LogP) is 0.926. The number of aryl methyl sites for hydroxylation is 1. The fourth-order valence-corrected chi connectivity index (χ4v) is 1.94. The highest BCUT2D eigenvalue weighted by Gasteiger charge is 2.14. The Hall–Kier alpha value is -2.08. The zero-order chi connectivity index (χ0) is 14.0. The summed E-state index contributed by atoms with van der Waals surface area (Å²) >= 11 is 0. The fourth-order valence-electron chi connectivity index (χ4n) is 1.94. The smallest absolute Gasteiger partial charge is 0.320 e. The van der Waals surface area contributed by atoms with Crippen LogP contribution in [0.3, 0.4) is 0 Å². The Kier molecular flexibility index (Phi) is 3.71. The zero-order valence-electron chi connectivity index (χ0n) is 11.0. The monoisotopic (exact) mass is 263 g/mol. The van der Waals surface area contributed by atoms with E-state index >= 15 is 0 Å². The molecular formula is C13H17N3O3. The van der Waals surface area contributed by atoms with Gasteiger partial charge in [-0.15, -0.1) is 0 Å². The fraction of sp³-hybridized carbons (Fsp3) is 0.385. The maximum absolute atomic E-state index is 10.8. The molecule has 0 bridgehead atoms. The molecule has 0 saturated carbocycles. The maximum atomic E-state index is 10.8. The minimum atomic E-state index is -1.000. The number of carboxylic acids is 1. The molecule has 0 aliphatic heterocycles. The molecule has 1 heterocycles. The van der Waals surface area contributed by atoms with E-state index in [9.17, 15) is 4.79 Å². The van der Waals surface area contributed by atoms with E-state index in [-0.39, 0.29) is 0 Å². The van der Waals surface area contributed by atoms with Gasteiger partial charge < -0.3 is 15.6 Å². The Morgan fingerprint density at radius 3 is 2.95 bits per heavy atom. The molecule has 102 valence electrons. The lowest BCUT2D eigenvalue weighted by atomic mass is 10.1. The number of hydrogen-bond donors (Lipinski definition) is 2. The van der Waals surface area contributed by atoms with Gasteiger partial charge in [0.25, 0.3) is 6.01 Å². The maximum Gasteiger partial charge on any atom is 0.320 e. The molecular weight excluding hydrogens is 246 g/mol. The van der Waals surface area contributed by atoms with Gasteiger partial charge in [-0.05, 0) is 31.0 Å². The average Bonchev–Trinajstić information content (AvgIpc) is 2.67. The molecule has 1 atom stereocenters. The molecule has 19 heavy (non-hydrogen) atoms. The number of carboxylic acid groups (broad SMARTS) is 1. The van der Waals surface area contributed by atoms with Crippen LogP contribution in [0.2, 0.25) is 0 Å². The van der Waals surface area contributed by atoms with Crippen LogP contribution in [0.5, 0.6) is 6.01 Å². The van der Waals surface area contributed by atoms with Crippen molar-refractivity contribution in [2.24, 2.45) is 12.8 Å². The van der Waals surface area contributed by atoms with E-state index in [0.29, 0.717) is 19.0 Å². The summed E-state index contributed by atoms with van der Waals surface area (Å²) in [6.07, 6.45) is 0.292. The van der Waals surface area contributed by atoms with Gasteiger partial charge in [0.15, 0.2) is 0 Å². The van der Waals surface area contributed by atoms with E-state index in [1.165, 1.54) is 0 Å². The molecule has 6 nitrogen and oxygen atoms in total. The van der Waals surface area contributed by atoms with Crippen LogP contribution in [0.4, 0.5) is 0 Å². The lowest BCUT2D eigenvalue weighted by Crippen LogP contribution is -2.32. The first-order valence-electron chi connectivity index (χ1n) is 6.09. The van der Waals surface area contributed by atoms with Crippen LogP contribution >= 0.6 is 0 Å². The average molecular weight is 263 g/mol. The molecule has 0 radical (unpaired) electrons. The largest absolute Gasteiger partial charge is 0.480 e. The lowest BCUT2D eigenvalue weighted by Gasteiger charge is -2.07. The van der Waals surface area contributed by atoms with Crippen molar-refractivity contribution in [2.45, 2.75) is 19.4 Å².